The first-order valence-corrected chi connectivity index (χ1v) is 8.48. The summed E-state index contributed by atoms with van der Waals surface area (Å²) in [5, 5.41) is 3.73. The van der Waals surface area contributed by atoms with E-state index in [1.165, 1.54) is 38.5 Å². The first-order valence-electron chi connectivity index (χ1n) is 8.48. The van der Waals surface area contributed by atoms with Crippen molar-refractivity contribution in [2.75, 3.05) is 6.54 Å². The lowest BCUT2D eigenvalue weighted by atomic mass is 9.63. The van der Waals surface area contributed by atoms with Gasteiger partial charge < -0.3 is 5.32 Å². The molecule has 1 aromatic rings. The van der Waals surface area contributed by atoms with E-state index in [-0.39, 0.29) is 0 Å². The molecule has 112 valence electrons. The second-order valence-corrected chi connectivity index (χ2v) is 6.75. The highest BCUT2D eigenvalue weighted by Gasteiger charge is 2.38. The fraction of sp³-hybridized carbons (Fsp3) is 0.684. The summed E-state index contributed by atoms with van der Waals surface area (Å²) in [6, 6.07) is 11.8. The summed E-state index contributed by atoms with van der Waals surface area (Å²) in [7, 11) is 0. The monoisotopic (exact) mass is 273 g/mol. The van der Waals surface area contributed by atoms with Crippen LogP contribution in [0, 0.1) is 5.92 Å². The molecule has 1 aliphatic carbocycles. The van der Waals surface area contributed by atoms with E-state index >= 15 is 0 Å². The minimum absolute atomic E-state index is 0.325. The van der Waals surface area contributed by atoms with Crippen LogP contribution in [-0.2, 0) is 5.41 Å². The molecule has 0 aliphatic heterocycles. The summed E-state index contributed by atoms with van der Waals surface area (Å²) < 4.78 is 0. The average Bonchev–Trinajstić information content (AvgIpc) is 2.50. The Morgan fingerprint density at radius 3 is 2.30 bits per heavy atom. The van der Waals surface area contributed by atoms with Crippen molar-refractivity contribution in [3.63, 3.8) is 0 Å². The second kappa shape index (κ2) is 7.26. The Hall–Kier alpha value is -0.820. The molecule has 0 heterocycles. The summed E-state index contributed by atoms with van der Waals surface area (Å²) in [4.78, 5) is 0. The molecule has 0 aromatic heterocycles. The van der Waals surface area contributed by atoms with Crippen molar-refractivity contribution in [2.24, 2.45) is 5.92 Å². The third-order valence-corrected chi connectivity index (χ3v) is 5.19. The number of hydrogen-bond acceptors (Lipinski definition) is 1. The Kier molecular flexibility index (Phi) is 5.65. The Labute approximate surface area is 125 Å². The van der Waals surface area contributed by atoms with Gasteiger partial charge in [-0.1, -0.05) is 70.4 Å². The normalized spacial score (nSPS) is 20.0. The molecule has 1 nitrogen and oxygen atoms in total. The largest absolute Gasteiger partial charge is 0.314 e. The molecule has 1 unspecified atom stereocenters. The fourth-order valence-electron chi connectivity index (χ4n) is 3.91. The van der Waals surface area contributed by atoms with Gasteiger partial charge in [0.15, 0.2) is 0 Å². The van der Waals surface area contributed by atoms with Gasteiger partial charge in [-0.15, -0.1) is 0 Å². The van der Waals surface area contributed by atoms with Gasteiger partial charge in [0.05, 0.1) is 0 Å². The average molecular weight is 273 g/mol. The zero-order valence-corrected chi connectivity index (χ0v) is 13.5. The van der Waals surface area contributed by atoms with Crippen LogP contribution in [0.4, 0.5) is 0 Å². The van der Waals surface area contributed by atoms with Crippen molar-refractivity contribution < 1.29 is 0 Å². The van der Waals surface area contributed by atoms with Crippen molar-refractivity contribution in [1.29, 1.82) is 0 Å². The summed E-state index contributed by atoms with van der Waals surface area (Å²) in [6.07, 6.45) is 8.32. The predicted octanol–water partition coefficient (Wildman–Crippen LogP) is 4.91. The smallest absolute Gasteiger partial charge is 0.0103 e. The molecule has 2 rings (SSSR count). The molecule has 1 N–H and O–H groups in total. The van der Waals surface area contributed by atoms with Crippen molar-refractivity contribution in [1.82, 2.24) is 5.32 Å². The van der Waals surface area contributed by atoms with Crippen molar-refractivity contribution in [3.05, 3.63) is 35.9 Å². The van der Waals surface area contributed by atoms with E-state index in [0.29, 0.717) is 11.5 Å². The summed E-state index contributed by atoms with van der Waals surface area (Å²) in [5.41, 5.74) is 1.87. The quantitative estimate of drug-likeness (QED) is 0.776. The predicted molar refractivity (Wildman–Crippen MR) is 88.1 cm³/mol. The standard InChI is InChI=1S/C19H31N/c1-4-19(15-20-16(2)3,17-11-7-5-8-12-17)18-13-9-6-10-14-18/h5,7-8,11-12,16,18,20H,4,6,9-10,13-15H2,1-3H3. The fourth-order valence-corrected chi connectivity index (χ4v) is 3.91. The zero-order chi connectivity index (χ0) is 14.4. The Bertz CT molecular complexity index is 378. The molecule has 1 saturated carbocycles. The lowest BCUT2D eigenvalue weighted by molar-refractivity contribution is 0.185. The van der Waals surface area contributed by atoms with Crippen LogP contribution in [-0.4, -0.2) is 12.6 Å². The highest BCUT2D eigenvalue weighted by atomic mass is 14.9. The zero-order valence-electron chi connectivity index (χ0n) is 13.5. The number of benzene rings is 1. The van der Waals surface area contributed by atoms with Crippen molar-refractivity contribution in [3.8, 4) is 0 Å². The molecule has 0 amide bonds. The lowest BCUT2D eigenvalue weighted by Gasteiger charge is -2.43. The van der Waals surface area contributed by atoms with E-state index < -0.39 is 0 Å². The molecule has 0 bridgehead atoms. The number of rotatable bonds is 6. The Morgan fingerprint density at radius 2 is 1.75 bits per heavy atom. The molecule has 1 fully saturated rings. The molecule has 1 heteroatoms. The molecule has 20 heavy (non-hydrogen) atoms. The molecule has 1 aromatic carbocycles. The van der Waals surface area contributed by atoms with Crippen LogP contribution >= 0.6 is 0 Å². The highest BCUT2D eigenvalue weighted by molar-refractivity contribution is 5.27. The van der Waals surface area contributed by atoms with Crippen LogP contribution in [0.2, 0.25) is 0 Å². The lowest BCUT2D eigenvalue weighted by Crippen LogP contribution is -2.46. The van der Waals surface area contributed by atoms with Crippen molar-refractivity contribution >= 4 is 0 Å². The minimum Gasteiger partial charge on any atom is -0.314 e. The topological polar surface area (TPSA) is 12.0 Å². The maximum atomic E-state index is 3.73. The van der Waals surface area contributed by atoms with Crippen molar-refractivity contribution in [2.45, 2.75) is 70.8 Å². The summed E-state index contributed by atoms with van der Waals surface area (Å²) in [5.74, 6) is 0.842. The van der Waals surface area contributed by atoms with Crippen LogP contribution in [0.5, 0.6) is 0 Å². The molecule has 0 saturated heterocycles. The Balaban J connectivity index is 2.29. The molecule has 0 radical (unpaired) electrons. The molecular formula is C19H31N. The maximum Gasteiger partial charge on any atom is 0.0103 e. The highest BCUT2D eigenvalue weighted by Crippen LogP contribution is 2.43. The number of hydrogen-bond donors (Lipinski definition) is 1. The minimum atomic E-state index is 0.325. The first kappa shape index (κ1) is 15.6. The maximum absolute atomic E-state index is 3.73. The van der Waals surface area contributed by atoms with Gasteiger partial charge in [-0.05, 0) is 30.7 Å². The van der Waals surface area contributed by atoms with Gasteiger partial charge in [0.2, 0.25) is 0 Å². The van der Waals surface area contributed by atoms with E-state index in [1.807, 2.05) is 0 Å². The first-order chi connectivity index (χ1) is 9.69. The number of nitrogens with one attached hydrogen (secondary N) is 1. The Morgan fingerprint density at radius 1 is 1.10 bits per heavy atom. The third kappa shape index (κ3) is 3.44. The summed E-state index contributed by atoms with van der Waals surface area (Å²) >= 11 is 0. The van der Waals surface area contributed by atoms with Crippen LogP contribution in [0.1, 0.15) is 64.9 Å². The summed E-state index contributed by atoms with van der Waals surface area (Å²) in [6.45, 7) is 8.01. The van der Waals surface area contributed by atoms with E-state index in [0.717, 1.165) is 12.5 Å². The van der Waals surface area contributed by atoms with Gasteiger partial charge >= 0.3 is 0 Å². The molecule has 1 aliphatic rings. The molecular weight excluding hydrogens is 242 g/mol. The van der Waals surface area contributed by atoms with Crippen LogP contribution < -0.4 is 5.32 Å². The van der Waals surface area contributed by atoms with Gasteiger partial charge in [0, 0.05) is 18.0 Å². The van der Waals surface area contributed by atoms with Crippen LogP contribution in [0.25, 0.3) is 0 Å². The third-order valence-electron chi connectivity index (χ3n) is 5.19. The van der Waals surface area contributed by atoms with Crippen LogP contribution in [0.3, 0.4) is 0 Å². The molecule has 1 atom stereocenters. The molecule has 0 spiro atoms. The van der Waals surface area contributed by atoms with Gasteiger partial charge in [0.25, 0.3) is 0 Å². The van der Waals surface area contributed by atoms with Gasteiger partial charge in [0.1, 0.15) is 0 Å². The van der Waals surface area contributed by atoms with Gasteiger partial charge in [-0.25, -0.2) is 0 Å². The SMILES string of the molecule is CCC(CNC(C)C)(c1ccccc1)C1CCCCC1. The van der Waals surface area contributed by atoms with E-state index in [4.69, 9.17) is 0 Å². The van der Waals surface area contributed by atoms with Gasteiger partial charge in [-0.2, -0.15) is 0 Å². The van der Waals surface area contributed by atoms with Gasteiger partial charge in [-0.3, -0.25) is 0 Å². The second-order valence-electron chi connectivity index (χ2n) is 6.75. The van der Waals surface area contributed by atoms with E-state index in [1.54, 1.807) is 5.56 Å². The van der Waals surface area contributed by atoms with E-state index in [9.17, 15) is 0 Å². The van der Waals surface area contributed by atoms with E-state index in [2.05, 4.69) is 56.4 Å². The van der Waals surface area contributed by atoms with Crippen LogP contribution in [0.15, 0.2) is 30.3 Å².